The summed E-state index contributed by atoms with van der Waals surface area (Å²) in [5.74, 6) is 0. The van der Waals surface area contributed by atoms with Gasteiger partial charge >= 0.3 is 0 Å². The van der Waals surface area contributed by atoms with Gasteiger partial charge in [0.25, 0.3) is 0 Å². The highest BCUT2D eigenvalue weighted by molar-refractivity contribution is 9.10. The molecule has 1 aliphatic carbocycles. The van der Waals surface area contributed by atoms with Gasteiger partial charge in [-0.3, -0.25) is 0 Å². The van der Waals surface area contributed by atoms with Crippen molar-refractivity contribution in [1.29, 1.82) is 0 Å². The van der Waals surface area contributed by atoms with Crippen LogP contribution in [0.2, 0.25) is 0 Å². The maximum atomic E-state index is 4.61. The van der Waals surface area contributed by atoms with Crippen molar-refractivity contribution in [2.45, 2.75) is 51.2 Å². The van der Waals surface area contributed by atoms with Gasteiger partial charge in [0.1, 0.15) is 0 Å². The largest absolute Gasteiger partial charge is 0.322 e. The number of hydrogen-bond donors (Lipinski definition) is 1. The van der Waals surface area contributed by atoms with Crippen molar-refractivity contribution in [1.82, 2.24) is 14.9 Å². The summed E-state index contributed by atoms with van der Waals surface area (Å²) in [6.07, 6.45) is 6.49. The van der Waals surface area contributed by atoms with E-state index in [-0.39, 0.29) is 0 Å². The van der Waals surface area contributed by atoms with Crippen LogP contribution in [0.15, 0.2) is 4.73 Å². The van der Waals surface area contributed by atoms with Crippen LogP contribution < -0.4 is 5.32 Å². The Morgan fingerprint density at radius 3 is 3.07 bits per heavy atom. The smallest absolute Gasteiger partial charge is 0.177 e. The van der Waals surface area contributed by atoms with Gasteiger partial charge in [0.2, 0.25) is 0 Å². The van der Waals surface area contributed by atoms with Crippen LogP contribution in [0.5, 0.6) is 0 Å². The normalized spacial score (nSPS) is 20.3. The molecular weight excluding hydrogens is 254 g/mol. The maximum absolute atomic E-state index is 4.61. The third-order valence-corrected chi connectivity index (χ3v) is 3.90. The Morgan fingerprint density at radius 1 is 1.40 bits per heavy atom. The number of nitrogens with one attached hydrogen (secondary N) is 1. The maximum Gasteiger partial charge on any atom is 0.177 e. The summed E-state index contributed by atoms with van der Waals surface area (Å²) >= 11 is 3.55. The van der Waals surface area contributed by atoms with Gasteiger partial charge in [-0.2, -0.15) is 0 Å². The molecule has 1 aromatic heterocycles. The highest BCUT2D eigenvalue weighted by Crippen LogP contribution is 2.25. The van der Waals surface area contributed by atoms with E-state index in [9.17, 15) is 0 Å². The van der Waals surface area contributed by atoms with Crippen LogP contribution >= 0.6 is 15.9 Å². The number of nitrogens with zero attached hydrogens (tertiary/aromatic N) is 2. The fourth-order valence-corrected chi connectivity index (χ4v) is 2.85. The van der Waals surface area contributed by atoms with Gasteiger partial charge in [-0.25, -0.2) is 4.98 Å². The zero-order valence-electron chi connectivity index (χ0n) is 8.80. The predicted molar refractivity (Wildman–Crippen MR) is 62.7 cm³/mol. The van der Waals surface area contributed by atoms with E-state index in [0.717, 1.165) is 23.9 Å². The third-order valence-electron chi connectivity index (χ3n) is 3.29. The van der Waals surface area contributed by atoms with E-state index >= 15 is 0 Å². The fourth-order valence-electron chi connectivity index (χ4n) is 2.24. The van der Waals surface area contributed by atoms with E-state index in [2.05, 4.69) is 30.8 Å². The van der Waals surface area contributed by atoms with Crippen LogP contribution in [0.3, 0.4) is 0 Å². The molecule has 0 bridgehead atoms. The van der Waals surface area contributed by atoms with Crippen molar-refractivity contribution >= 4 is 15.9 Å². The van der Waals surface area contributed by atoms with Gasteiger partial charge in [-0.05, 0) is 48.0 Å². The number of rotatable bonds is 3. The van der Waals surface area contributed by atoms with E-state index in [1.165, 1.54) is 43.5 Å². The van der Waals surface area contributed by atoms with Gasteiger partial charge < -0.3 is 9.88 Å². The molecule has 2 aliphatic rings. The van der Waals surface area contributed by atoms with E-state index < -0.39 is 0 Å². The predicted octanol–water partition coefficient (Wildman–Crippen LogP) is 2.23. The average Bonchev–Trinajstić information content (AvgIpc) is 3.03. The molecule has 0 aromatic carbocycles. The highest BCUT2D eigenvalue weighted by atomic mass is 79.9. The molecule has 1 aliphatic heterocycles. The van der Waals surface area contributed by atoms with Gasteiger partial charge in [-0.1, -0.05) is 0 Å². The first-order valence-electron chi connectivity index (χ1n) is 5.82. The molecule has 0 atom stereocenters. The molecule has 1 N–H and O–H groups in total. The lowest BCUT2D eigenvalue weighted by Gasteiger charge is -2.16. The van der Waals surface area contributed by atoms with E-state index in [0.29, 0.717) is 0 Å². The molecule has 82 valence electrons. The van der Waals surface area contributed by atoms with Crippen molar-refractivity contribution in [2.75, 3.05) is 0 Å². The number of imidazole rings is 1. The molecule has 0 radical (unpaired) electrons. The summed E-state index contributed by atoms with van der Waals surface area (Å²) in [6.45, 7) is 2.08. The molecular formula is C11H16BrN3. The second-order valence-electron chi connectivity index (χ2n) is 4.54. The molecule has 3 nitrogen and oxygen atoms in total. The molecule has 2 heterocycles. The van der Waals surface area contributed by atoms with Gasteiger partial charge in [0.05, 0.1) is 5.69 Å². The molecule has 15 heavy (non-hydrogen) atoms. The Labute approximate surface area is 98.4 Å². The molecule has 0 amide bonds. The minimum Gasteiger partial charge on any atom is -0.322 e. The molecule has 1 aromatic rings. The lowest BCUT2D eigenvalue weighted by molar-refractivity contribution is 0.519. The van der Waals surface area contributed by atoms with Crippen molar-refractivity contribution in [3.63, 3.8) is 0 Å². The minimum atomic E-state index is 0.768. The van der Waals surface area contributed by atoms with Gasteiger partial charge in [0.15, 0.2) is 4.73 Å². The van der Waals surface area contributed by atoms with Crippen LogP contribution in [-0.2, 0) is 19.5 Å². The monoisotopic (exact) mass is 269 g/mol. The number of fused-ring (bicyclic) bond motifs is 1. The Bertz CT molecular complexity index is 368. The number of hydrogen-bond acceptors (Lipinski definition) is 2. The lowest BCUT2D eigenvalue weighted by atomic mass is 10.1. The summed E-state index contributed by atoms with van der Waals surface area (Å²) in [7, 11) is 0. The van der Waals surface area contributed by atoms with Crippen LogP contribution in [0.25, 0.3) is 0 Å². The van der Waals surface area contributed by atoms with E-state index in [4.69, 9.17) is 0 Å². The lowest BCUT2D eigenvalue weighted by Crippen LogP contribution is -2.18. The average molecular weight is 270 g/mol. The van der Waals surface area contributed by atoms with Crippen molar-refractivity contribution in [3.05, 3.63) is 16.1 Å². The Balaban J connectivity index is 1.79. The minimum absolute atomic E-state index is 0.768. The van der Waals surface area contributed by atoms with E-state index in [1.54, 1.807) is 0 Å². The van der Waals surface area contributed by atoms with Crippen molar-refractivity contribution < 1.29 is 0 Å². The zero-order valence-corrected chi connectivity index (χ0v) is 10.4. The van der Waals surface area contributed by atoms with Crippen molar-refractivity contribution in [2.24, 2.45) is 0 Å². The Morgan fingerprint density at radius 2 is 2.27 bits per heavy atom. The number of aromatic nitrogens is 2. The third kappa shape index (κ3) is 1.97. The SMILES string of the molecule is Brc1nc(CNC2CC2)c2n1CCCC2. The first-order chi connectivity index (χ1) is 7.34. The van der Waals surface area contributed by atoms with E-state index in [1.807, 2.05) is 0 Å². The second-order valence-corrected chi connectivity index (χ2v) is 5.25. The molecule has 3 rings (SSSR count). The molecule has 1 saturated carbocycles. The van der Waals surface area contributed by atoms with Gasteiger partial charge in [0, 0.05) is 24.8 Å². The summed E-state index contributed by atoms with van der Waals surface area (Å²) in [6, 6.07) is 0.768. The Kier molecular flexibility index (Phi) is 2.56. The summed E-state index contributed by atoms with van der Waals surface area (Å²) < 4.78 is 3.35. The molecule has 1 fully saturated rings. The Hall–Kier alpha value is -0.350. The quantitative estimate of drug-likeness (QED) is 0.912. The summed E-state index contributed by atoms with van der Waals surface area (Å²) in [4.78, 5) is 4.61. The highest BCUT2D eigenvalue weighted by Gasteiger charge is 2.23. The molecule has 0 unspecified atom stereocenters. The molecule has 0 saturated heterocycles. The van der Waals surface area contributed by atoms with Crippen LogP contribution in [0, 0.1) is 0 Å². The summed E-state index contributed by atoms with van der Waals surface area (Å²) in [5, 5.41) is 3.54. The summed E-state index contributed by atoms with van der Waals surface area (Å²) in [5.41, 5.74) is 2.70. The standard InChI is InChI=1S/C11H16BrN3/c12-11-14-9(7-13-8-4-5-8)10-3-1-2-6-15(10)11/h8,13H,1-7H2. The topological polar surface area (TPSA) is 29.9 Å². The van der Waals surface area contributed by atoms with Crippen LogP contribution in [0.1, 0.15) is 37.1 Å². The first-order valence-corrected chi connectivity index (χ1v) is 6.61. The second kappa shape index (κ2) is 3.91. The number of halogens is 1. The van der Waals surface area contributed by atoms with Crippen molar-refractivity contribution in [3.8, 4) is 0 Å². The van der Waals surface area contributed by atoms with Gasteiger partial charge in [-0.15, -0.1) is 0 Å². The zero-order chi connectivity index (χ0) is 10.3. The van der Waals surface area contributed by atoms with Crippen LogP contribution in [-0.4, -0.2) is 15.6 Å². The fraction of sp³-hybridized carbons (Fsp3) is 0.727. The molecule has 4 heteroatoms. The first kappa shape index (κ1) is 9.85. The van der Waals surface area contributed by atoms with Crippen LogP contribution in [0.4, 0.5) is 0 Å². The molecule has 0 spiro atoms.